The fourth-order valence-electron chi connectivity index (χ4n) is 5.38. The number of imide groups is 1. The van der Waals surface area contributed by atoms with E-state index in [9.17, 15) is 9.59 Å². The monoisotopic (exact) mass is 472 g/mol. The molecule has 182 valence electrons. The van der Waals surface area contributed by atoms with Crippen molar-refractivity contribution in [1.29, 1.82) is 0 Å². The fraction of sp³-hybridized carbons (Fsp3) is 0.407. The van der Waals surface area contributed by atoms with Gasteiger partial charge in [0.15, 0.2) is 0 Å². The summed E-state index contributed by atoms with van der Waals surface area (Å²) < 4.78 is 1.84. The molecule has 35 heavy (non-hydrogen) atoms. The zero-order valence-electron chi connectivity index (χ0n) is 20.4. The van der Waals surface area contributed by atoms with Gasteiger partial charge in [0.25, 0.3) is 5.91 Å². The third-order valence-corrected chi connectivity index (χ3v) is 7.33. The van der Waals surface area contributed by atoms with Crippen molar-refractivity contribution in [2.75, 3.05) is 19.6 Å². The Morgan fingerprint density at radius 3 is 2.37 bits per heavy atom. The highest BCUT2D eigenvalue weighted by atomic mass is 16.2. The van der Waals surface area contributed by atoms with Crippen LogP contribution in [0.15, 0.2) is 60.9 Å². The lowest BCUT2D eigenvalue weighted by atomic mass is 9.85. The Balaban J connectivity index is 1.35. The molecule has 0 radical (unpaired) electrons. The summed E-state index contributed by atoms with van der Waals surface area (Å²) in [7, 11) is 1.94. The van der Waals surface area contributed by atoms with Gasteiger partial charge in [-0.05, 0) is 43.9 Å². The summed E-state index contributed by atoms with van der Waals surface area (Å²) in [6, 6.07) is 15.5. The lowest BCUT2D eigenvalue weighted by molar-refractivity contribution is -0.136. The SMILES string of the molecule is Cc1nn(C)cc1CN1CCC2(CC1)C(=O)N(Cc1ccccn1)C(=O)N2CCc1ccccc1. The van der Waals surface area contributed by atoms with Crippen molar-refractivity contribution in [3.05, 3.63) is 83.4 Å². The molecular weight excluding hydrogens is 440 g/mol. The molecule has 5 rings (SSSR count). The summed E-state index contributed by atoms with van der Waals surface area (Å²) in [4.78, 5) is 37.4. The first-order valence-corrected chi connectivity index (χ1v) is 12.3. The zero-order valence-corrected chi connectivity index (χ0v) is 20.4. The van der Waals surface area contributed by atoms with Crippen LogP contribution in [0.5, 0.6) is 0 Å². The number of amides is 3. The van der Waals surface area contributed by atoms with Crippen LogP contribution in [0.25, 0.3) is 0 Å². The van der Waals surface area contributed by atoms with E-state index in [4.69, 9.17) is 0 Å². The van der Waals surface area contributed by atoms with Crippen LogP contribution < -0.4 is 0 Å². The average Bonchev–Trinajstić information content (AvgIpc) is 3.28. The topological polar surface area (TPSA) is 74.6 Å². The molecule has 4 heterocycles. The molecule has 1 spiro atoms. The highest BCUT2D eigenvalue weighted by Crippen LogP contribution is 2.38. The van der Waals surface area contributed by atoms with Crippen molar-refractivity contribution in [2.45, 2.75) is 44.8 Å². The van der Waals surface area contributed by atoms with Crippen molar-refractivity contribution in [2.24, 2.45) is 7.05 Å². The molecule has 2 saturated heterocycles. The molecular formula is C27H32N6O2. The third-order valence-electron chi connectivity index (χ3n) is 7.33. The molecule has 3 amide bonds. The summed E-state index contributed by atoms with van der Waals surface area (Å²) in [6.07, 6.45) is 5.74. The van der Waals surface area contributed by atoms with Gasteiger partial charge < -0.3 is 4.90 Å². The molecule has 8 nitrogen and oxygen atoms in total. The number of piperidine rings is 1. The first kappa shape index (κ1) is 23.2. The fourth-order valence-corrected chi connectivity index (χ4v) is 5.38. The smallest absolute Gasteiger partial charge is 0.309 e. The van der Waals surface area contributed by atoms with Gasteiger partial charge in [-0.1, -0.05) is 36.4 Å². The molecule has 0 bridgehead atoms. The van der Waals surface area contributed by atoms with E-state index in [0.29, 0.717) is 19.4 Å². The van der Waals surface area contributed by atoms with E-state index in [2.05, 4.69) is 33.3 Å². The van der Waals surface area contributed by atoms with E-state index < -0.39 is 5.54 Å². The number of carbonyl (C=O) groups is 2. The second kappa shape index (κ2) is 9.62. The molecule has 3 aromatic rings. The summed E-state index contributed by atoms with van der Waals surface area (Å²) in [5.74, 6) is -0.0848. The van der Waals surface area contributed by atoms with Crippen molar-refractivity contribution >= 4 is 11.9 Å². The van der Waals surface area contributed by atoms with Gasteiger partial charge in [-0.25, -0.2) is 4.79 Å². The van der Waals surface area contributed by atoms with Crippen LogP contribution in [0.4, 0.5) is 4.79 Å². The zero-order chi connectivity index (χ0) is 24.4. The quantitative estimate of drug-likeness (QED) is 0.494. The minimum absolute atomic E-state index is 0.0848. The molecule has 2 aliphatic heterocycles. The van der Waals surface area contributed by atoms with E-state index in [1.807, 2.05) is 60.0 Å². The summed E-state index contributed by atoms with van der Waals surface area (Å²) in [5, 5.41) is 4.45. The number of nitrogens with zero attached hydrogens (tertiary/aromatic N) is 6. The predicted molar refractivity (Wildman–Crippen MR) is 132 cm³/mol. The normalized spacial score (nSPS) is 18.1. The summed E-state index contributed by atoms with van der Waals surface area (Å²) in [6.45, 7) is 5.08. The molecule has 0 atom stereocenters. The number of urea groups is 1. The van der Waals surface area contributed by atoms with Crippen LogP contribution >= 0.6 is 0 Å². The van der Waals surface area contributed by atoms with E-state index >= 15 is 0 Å². The number of hydrogen-bond donors (Lipinski definition) is 0. The second-order valence-corrected chi connectivity index (χ2v) is 9.60. The lowest BCUT2D eigenvalue weighted by Gasteiger charge is -2.42. The molecule has 8 heteroatoms. The maximum Gasteiger partial charge on any atom is 0.328 e. The van der Waals surface area contributed by atoms with Gasteiger partial charge in [0.2, 0.25) is 0 Å². The number of pyridine rings is 1. The highest BCUT2D eigenvalue weighted by molar-refractivity contribution is 6.07. The van der Waals surface area contributed by atoms with Crippen LogP contribution in [0.1, 0.15) is 35.4 Å². The third kappa shape index (κ3) is 4.58. The molecule has 2 aliphatic rings. The molecule has 2 aromatic heterocycles. The van der Waals surface area contributed by atoms with E-state index in [0.717, 1.165) is 43.0 Å². The van der Waals surface area contributed by atoms with Crippen LogP contribution in [0, 0.1) is 6.92 Å². The number of aromatic nitrogens is 3. The number of benzene rings is 1. The van der Waals surface area contributed by atoms with Gasteiger partial charge in [-0.2, -0.15) is 5.10 Å². The Morgan fingerprint density at radius 2 is 1.71 bits per heavy atom. The van der Waals surface area contributed by atoms with Gasteiger partial charge >= 0.3 is 6.03 Å². The van der Waals surface area contributed by atoms with Crippen molar-refractivity contribution in [1.82, 2.24) is 29.5 Å². The van der Waals surface area contributed by atoms with Gasteiger partial charge in [0, 0.05) is 51.2 Å². The number of likely N-dealkylation sites (tertiary alicyclic amines) is 1. The largest absolute Gasteiger partial charge is 0.328 e. The Morgan fingerprint density at radius 1 is 0.971 bits per heavy atom. The van der Waals surface area contributed by atoms with Crippen molar-refractivity contribution in [3.63, 3.8) is 0 Å². The predicted octanol–water partition coefficient (Wildman–Crippen LogP) is 3.17. The van der Waals surface area contributed by atoms with Gasteiger partial charge in [-0.15, -0.1) is 0 Å². The molecule has 0 saturated carbocycles. The average molecular weight is 473 g/mol. The molecule has 0 N–H and O–H groups in total. The van der Waals surface area contributed by atoms with Crippen LogP contribution in [0.2, 0.25) is 0 Å². The molecule has 1 aromatic carbocycles. The van der Waals surface area contributed by atoms with Crippen molar-refractivity contribution in [3.8, 4) is 0 Å². The van der Waals surface area contributed by atoms with Gasteiger partial charge in [0.1, 0.15) is 5.54 Å². The van der Waals surface area contributed by atoms with Crippen molar-refractivity contribution < 1.29 is 9.59 Å². The number of aryl methyl sites for hydroxylation is 2. The maximum atomic E-state index is 13.8. The molecule has 0 aliphatic carbocycles. The number of hydrogen-bond acceptors (Lipinski definition) is 5. The standard InChI is InChI=1S/C27H32N6O2/c1-21-23(18-30(2)29-21)19-31-16-12-27(13-17-31)25(34)32(20-24-10-6-7-14-28-24)26(35)33(27)15-11-22-8-4-3-5-9-22/h3-10,14,18H,11-13,15-17,19-20H2,1-2H3. The Hall–Kier alpha value is -3.52. The van der Waals surface area contributed by atoms with E-state index in [-0.39, 0.29) is 18.5 Å². The summed E-state index contributed by atoms with van der Waals surface area (Å²) in [5.41, 5.74) is 3.33. The number of rotatable bonds is 7. The van der Waals surface area contributed by atoms with E-state index in [1.54, 1.807) is 6.20 Å². The first-order chi connectivity index (χ1) is 17.0. The maximum absolute atomic E-state index is 13.8. The van der Waals surface area contributed by atoms with E-state index in [1.165, 1.54) is 10.5 Å². The number of carbonyl (C=O) groups excluding carboxylic acids is 2. The highest BCUT2D eigenvalue weighted by Gasteiger charge is 2.57. The minimum Gasteiger partial charge on any atom is -0.309 e. The van der Waals surface area contributed by atoms with Crippen LogP contribution in [-0.2, 0) is 31.4 Å². The lowest BCUT2D eigenvalue weighted by Crippen LogP contribution is -2.56. The Labute approximate surface area is 206 Å². The van der Waals surface area contributed by atoms with Gasteiger partial charge in [-0.3, -0.25) is 24.3 Å². The van der Waals surface area contributed by atoms with Crippen LogP contribution in [0.3, 0.4) is 0 Å². The summed E-state index contributed by atoms with van der Waals surface area (Å²) >= 11 is 0. The molecule has 0 unspecified atom stereocenters. The van der Waals surface area contributed by atoms with Gasteiger partial charge in [0.05, 0.1) is 17.9 Å². The Bertz CT molecular complexity index is 1180. The second-order valence-electron chi connectivity index (χ2n) is 9.60. The first-order valence-electron chi connectivity index (χ1n) is 12.3. The molecule has 2 fully saturated rings. The Kier molecular flexibility index (Phi) is 6.38. The minimum atomic E-state index is -0.791. The van der Waals surface area contributed by atoms with Crippen LogP contribution in [-0.4, -0.2) is 66.6 Å².